The Morgan fingerprint density at radius 1 is 1.26 bits per heavy atom. The summed E-state index contributed by atoms with van der Waals surface area (Å²) in [4.78, 5) is 10.5. The smallest absolute Gasteiger partial charge is 0.159 e. The zero-order valence-electron chi connectivity index (χ0n) is 10.9. The van der Waals surface area contributed by atoms with Gasteiger partial charge in [-0.15, -0.1) is 0 Å². The van der Waals surface area contributed by atoms with Crippen molar-refractivity contribution in [3.05, 3.63) is 40.6 Å². The fourth-order valence-electron chi connectivity index (χ4n) is 1.83. The Labute approximate surface area is 121 Å². The fraction of sp³-hybridized carbons (Fsp3) is 0.231. The molecule has 5 nitrogen and oxygen atoms in total. The van der Waals surface area contributed by atoms with Gasteiger partial charge in [-0.3, -0.25) is 0 Å². The van der Waals surface area contributed by atoms with Crippen LogP contribution in [0.3, 0.4) is 0 Å². The number of nitrogen functional groups attached to an aromatic ring is 1. The van der Waals surface area contributed by atoms with Crippen molar-refractivity contribution in [1.29, 1.82) is 0 Å². The Hall–Kier alpha value is -1.66. The molecule has 6 heteroatoms. The number of aromatic nitrogens is 2. The topological polar surface area (TPSA) is 67.1 Å². The highest BCUT2D eigenvalue weighted by Crippen LogP contribution is 2.33. The molecule has 1 aromatic heterocycles. The van der Waals surface area contributed by atoms with Crippen molar-refractivity contribution in [2.45, 2.75) is 13.8 Å². The van der Waals surface area contributed by atoms with Gasteiger partial charge in [-0.2, -0.15) is 0 Å². The van der Waals surface area contributed by atoms with E-state index in [1.54, 1.807) is 0 Å². The van der Waals surface area contributed by atoms with Crippen LogP contribution in [-0.4, -0.2) is 16.5 Å². The zero-order chi connectivity index (χ0) is 13.8. The van der Waals surface area contributed by atoms with Gasteiger partial charge in [0.1, 0.15) is 10.8 Å². The third-order valence-corrected chi connectivity index (χ3v) is 3.56. The average molecular weight is 322 g/mol. The minimum absolute atomic E-state index is 0.565. The van der Waals surface area contributed by atoms with Gasteiger partial charge in [0.15, 0.2) is 11.6 Å². The number of aryl methyl sites for hydroxylation is 1. The van der Waals surface area contributed by atoms with Crippen LogP contribution < -0.4 is 16.2 Å². The number of rotatable bonds is 4. The Balaban J connectivity index is 2.45. The number of nitrogens with two attached hydrogens (primary N) is 1. The van der Waals surface area contributed by atoms with Crippen molar-refractivity contribution >= 4 is 33.3 Å². The molecular weight excluding hydrogens is 306 g/mol. The molecule has 0 aliphatic rings. The Bertz CT molecular complexity index is 555. The molecule has 3 N–H and O–H groups in total. The van der Waals surface area contributed by atoms with E-state index in [-0.39, 0.29) is 0 Å². The van der Waals surface area contributed by atoms with E-state index in [0.29, 0.717) is 5.82 Å². The number of hydrogen-bond acceptors (Lipinski definition) is 5. The molecule has 0 saturated carbocycles. The van der Waals surface area contributed by atoms with E-state index >= 15 is 0 Å². The lowest BCUT2D eigenvalue weighted by atomic mass is 10.2. The van der Waals surface area contributed by atoms with Gasteiger partial charge >= 0.3 is 0 Å². The summed E-state index contributed by atoms with van der Waals surface area (Å²) >= 11 is 3.49. The molecule has 0 radical (unpaired) electrons. The Morgan fingerprint density at radius 2 is 1.95 bits per heavy atom. The van der Waals surface area contributed by atoms with Gasteiger partial charge in [0.25, 0.3) is 0 Å². The van der Waals surface area contributed by atoms with Gasteiger partial charge in [0, 0.05) is 12.2 Å². The maximum atomic E-state index is 5.43. The van der Waals surface area contributed by atoms with Crippen LogP contribution in [-0.2, 0) is 0 Å². The summed E-state index contributed by atoms with van der Waals surface area (Å²) in [6.07, 6.45) is 1.49. The molecule has 0 atom stereocenters. The lowest BCUT2D eigenvalue weighted by molar-refractivity contribution is 0.967. The van der Waals surface area contributed by atoms with Crippen LogP contribution in [0.5, 0.6) is 0 Å². The summed E-state index contributed by atoms with van der Waals surface area (Å²) in [5.74, 6) is 6.78. The monoisotopic (exact) mass is 321 g/mol. The summed E-state index contributed by atoms with van der Waals surface area (Å²) in [6, 6.07) is 8.30. The maximum absolute atomic E-state index is 5.43. The molecule has 1 aromatic carbocycles. The van der Waals surface area contributed by atoms with Gasteiger partial charge in [0.05, 0.1) is 0 Å². The van der Waals surface area contributed by atoms with Crippen LogP contribution in [0.2, 0.25) is 0 Å². The molecule has 2 rings (SSSR count). The highest BCUT2D eigenvalue weighted by atomic mass is 79.9. The first kappa shape index (κ1) is 13.8. The van der Waals surface area contributed by atoms with E-state index < -0.39 is 0 Å². The average Bonchev–Trinajstić information content (AvgIpc) is 2.43. The Kier molecular flexibility index (Phi) is 4.34. The first-order valence-electron chi connectivity index (χ1n) is 5.98. The SMILES string of the molecule is CCN(c1ccc(C)cc1)c1ncnc(NN)c1Br. The predicted molar refractivity (Wildman–Crippen MR) is 81.4 cm³/mol. The number of halogens is 1. The van der Waals surface area contributed by atoms with Crippen molar-refractivity contribution in [3.8, 4) is 0 Å². The normalized spacial score (nSPS) is 10.3. The highest BCUT2D eigenvalue weighted by molar-refractivity contribution is 9.10. The molecule has 0 unspecified atom stereocenters. The van der Waals surface area contributed by atoms with Gasteiger partial charge in [0.2, 0.25) is 0 Å². The standard InChI is InChI=1S/C13H16BrN5/c1-3-19(10-6-4-9(2)5-7-10)13-11(14)12(18-15)16-8-17-13/h4-8H,3,15H2,1-2H3,(H,16,17,18). The van der Waals surface area contributed by atoms with Gasteiger partial charge in [-0.25, -0.2) is 15.8 Å². The molecule has 1 heterocycles. The lowest BCUT2D eigenvalue weighted by Gasteiger charge is -2.23. The summed E-state index contributed by atoms with van der Waals surface area (Å²) in [7, 11) is 0. The van der Waals surface area contributed by atoms with Gasteiger partial charge in [-0.05, 0) is 41.9 Å². The molecule has 2 aromatic rings. The number of hydrazine groups is 1. The van der Waals surface area contributed by atoms with E-state index in [2.05, 4.69) is 74.3 Å². The van der Waals surface area contributed by atoms with E-state index in [1.165, 1.54) is 11.9 Å². The van der Waals surface area contributed by atoms with Crippen LogP contribution in [0.1, 0.15) is 12.5 Å². The van der Waals surface area contributed by atoms with Crippen molar-refractivity contribution in [2.75, 3.05) is 16.9 Å². The van der Waals surface area contributed by atoms with Crippen LogP contribution in [0.4, 0.5) is 17.3 Å². The van der Waals surface area contributed by atoms with Crippen molar-refractivity contribution < 1.29 is 0 Å². The summed E-state index contributed by atoms with van der Waals surface area (Å²) in [6.45, 7) is 4.93. The van der Waals surface area contributed by atoms with Crippen LogP contribution in [0, 0.1) is 6.92 Å². The molecule has 0 spiro atoms. The molecule has 19 heavy (non-hydrogen) atoms. The van der Waals surface area contributed by atoms with Crippen molar-refractivity contribution in [2.24, 2.45) is 5.84 Å². The van der Waals surface area contributed by atoms with E-state index in [0.717, 1.165) is 22.5 Å². The third-order valence-electron chi connectivity index (χ3n) is 2.83. The molecule has 0 aliphatic carbocycles. The second-order valence-corrected chi connectivity index (χ2v) is 4.88. The summed E-state index contributed by atoms with van der Waals surface area (Å²) in [5.41, 5.74) is 4.86. The molecule has 100 valence electrons. The van der Waals surface area contributed by atoms with Crippen molar-refractivity contribution in [1.82, 2.24) is 9.97 Å². The third kappa shape index (κ3) is 2.85. The number of benzene rings is 1. The molecular formula is C13H16BrN5. The minimum atomic E-state index is 0.565. The second kappa shape index (κ2) is 5.99. The number of hydrogen-bond donors (Lipinski definition) is 2. The quantitative estimate of drug-likeness (QED) is 0.669. The molecule has 0 bridgehead atoms. The fourth-order valence-corrected chi connectivity index (χ4v) is 2.36. The zero-order valence-corrected chi connectivity index (χ0v) is 12.5. The summed E-state index contributed by atoms with van der Waals surface area (Å²) in [5, 5.41) is 0. The summed E-state index contributed by atoms with van der Waals surface area (Å²) < 4.78 is 0.750. The second-order valence-electron chi connectivity index (χ2n) is 4.08. The number of anilines is 3. The number of nitrogens with zero attached hydrogens (tertiary/aromatic N) is 3. The number of nitrogens with one attached hydrogen (secondary N) is 1. The molecule has 0 saturated heterocycles. The van der Waals surface area contributed by atoms with E-state index in [9.17, 15) is 0 Å². The minimum Gasteiger partial charge on any atom is -0.326 e. The lowest BCUT2D eigenvalue weighted by Crippen LogP contribution is -2.19. The maximum Gasteiger partial charge on any atom is 0.159 e. The van der Waals surface area contributed by atoms with E-state index in [4.69, 9.17) is 5.84 Å². The first-order chi connectivity index (χ1) is 9.17. The van der Waals surface area contributed by atoms with Crippen LogP contribution >= 0.6 is 15.9 Å². The van der Waals surface area contributed by atoms with E-state index in [1.807, 2.05) is 0 Å². The van der Waals surface area contributed by atoms with Crippen LogP contribution in [0.25, 0.3) is 0 Å². The van der Waals surface area contributed by atoms with Crippen LogP contribution in [0.15, 0.2) is 35.1 Å². The Morgan fingerprint density at radius 3 is 2.53 bits per heavy atom. The molecule has 0 amide bonds. The molecule has 0 aliphatic heterocycles. The molecule has 0 fully saturated rings. The first-order valence-corrected chi connectivity index (χ1v) is 6.78. The van der Waals surface area contributed by atoms with Gasteiger partial charge < -0.3 is 10.3 Å². The predicted octanol–water partition coefficient (Wildman–Crippen LogP) is 2.99. The van der Waals surface area contributed by atoms with Gasteiger partial charge in [-0.1, -0.05) is 17.7 Å². The largest absolute Gasteiger partial charge is 0.326 e. The van der Waals surface area contributed by atoms with Crippen molar-refractivity contribution in [3.63, 3.8) is 0 Å². The highest BCUT2D eigenvalue weighted by Gasteiger charge is 2.15.